The molecule has 0 aliphatic heterocycles. The monoisotopic (exact) mass is 311 g/mol. The lowest BCUT2D eigenvalue weighted by Gasteiger charge is -2.09. The molecule has 0 atom stereocenters. The van der Waals surface area contributed by atoms with Gasteiger partial charge in [-0.3, -0.25) is 9.97 Å². The van der Waals surface area contributed by atoms with E-state index in [2.05, 4.69) is 63.8 Å². The number of pyridine rings is 2. The Hall–Kier alpha value is -3.20. The van der Waals surface area contributed by atoms with Gasteiger partial charge >= 0.3 is 0 Å². The third-order valence-corrected chi connectivity index (χ3v) is 4.06. The zero-order valence-corrected chi connectivity index (χ0v) is 13.2. The van der Waals surface area contributed by atoms with Gasteiger partial charge in [-0.05, 0) is 52.4 Å². The summed E-state index contributed by atoms with van der Waals surface area (Å²) in [5.41, 5.74) is 4.68. The van der Waals surface area contributed by atoms with E-state index in [1.54, 1.807) is 6.20 Å². The molecule has 3 heteroatoms. The molecule has 2 heterocycles. The van der Waals surface area contributed by atoms with Crippen molar-refractivity contribution in [3.05, 3.63) is 91.0 Å². The summed E-state index contributed by atoms with van der Waals surface area (Å²) in [6, 6.07) is 21.0. The van der Waals surface area contributed by atoms with Gasteiger partial charge in [-0.25, -0.2) is 0 Å². The molecule has 0 amide bonds. The van der Waals surface area contributed by atoms with Gasteiger partial charge in [0.1, 0.15) is 0 Å². The lowest BCUT2D eigenvalue weighted by Crippen LogP contribution is -1.99. The van der Waals surface area contributed by atoms with Crippen molar-refractivity contribution < 1.29 is 0 Å². The number of benzene rings is 2. The minimum atomic E-state index is 0.782. The molecule has 0 spiro atoms. The van der Waals surface area contributed by atoms with Gasteiger partial charge in [-0.15, -0.1) is 0 Å². The van der Waals surface area contributed by atoms with E-state index in [0.29, 0.717) is 0 Å². The molecule has 0 bridgehead atoms. The highest BCUT2D eigenvalue weighted by atomic mass is 14.9. The Morgan fingerprint density at radius 3 is 2.54 bits per heavy atom. The van der Waals surface area contributed by atoms with Crippen LogP contribution in [0, 0.1) is 0 Å². The first-order valence-corrected chi connectivity index (χ1v) is 7.95. The van der Waals surface area contributed by atoms with E-state index >= 15 is 0 Å². The molecule has 4 aromatic rings. The molecule has 3 nitrogen and oxygen atoms in total. The average Bonchev–Trinajstić information content (AvgIpc) is 2.67. The van der Waals surface area contributed by atoms with Crippen molar-refractivity contribution in [1.29, 1.82) is 0 Å². The molecule has 24 heavy (non-hydrogen) atoms. The van der Waals surface area contributed by atoms with Crippen molar-refractivity contribution in [3.8, 4) is 11.1 Å². The fraction of sp³-hybridized carbons (Fsp3) is 0.0476. The van der Waals surface area contributed by atoms with Crippen LogP contribution in [0.2, 0.25) is 0 Å². The van der Waals surface area contributed by atoms with Crippen LogP contribution in [0.5, 0.6) is 0 Å². The summed E-state index contributed by atoms with van der Waals surface area (Å²) in [4.78, 5) is 8.34. The van der Waals surface area contributed by atoms with Gasteiger partial charge < -0.3 is 5.32 Å². The molecule has 2 aromatic carbocycles. The molecule has 0 saturated heterocycles. The standard InChI is InChI=1S/C21H17N3/c1-3-16(11-17(4-1)19-5-2-9-22-14-19)13-24-21-7-6-20-15-23-10-8-18(20)12-21/h1-12,14-15,24H,13H2. The van der Waals surface area contributed by atoms with Crippen molar-refractivity contribution in [2.75, 3.05) is 5.32 Å². The van der Waals surface area contributed by atoms with Gasteiger partial charge in [0.25, 0.3) is 0 Å². The Kier molecular flexibility index (Phi) is 3.90. The van der Waals surface area contributed by atoms with E-state index in [0.717, 1.165) is 23.2 Å². The number of aromatic nitrogens is 2. The first-order chi connectivity index (χ1) is 11.9. The Balaban J connectivity index is 1.53. The fourth-order valence-electron chi connectivity index (χ4n) is 2.79. The first kappa shape index (κ1) is 14.4. The third-order valence-electron chi connectivity index (χ3n) is 4.06. The second kappa shape index (κ2) is 6.50. The Morgan fingerprint density at radius 2 is 1.62 bits per heavy atom. The zero-order valence-electron chi connectivity index (χ0n) is 13.2. The normalized spacial score (nSPS) is 10.7. The van der Waals surface area contributed by atoms with E-state index in [4.69, 9.17) is 0 Å². The van der Waals surface area contributed by atoms with E-state index in [9.17, 15) is 0 Å². The molecule has 4 rings (SSSR count). The Morgan fingerprint density at radius 1 is 0.708 bits per heavy atom. The second-order valence-corrected chi connectivity index (χ2v) is 5.73. The van der Waals surface area contributed by atoms with Crippen LogP contribution >= 0.6 is 0 Å². The molecule has 0 unspecified atom stereocenters. The van der Waals surface area contributed by atoms with E-state index in [-0.39, 0.29) is 0 Å². The molecule has 0 aliphatic rings. The highest BCUT2D eigenvalue weighted by Crippen LogP contribution is 2.21. The van der Waals surface area contributed by atoms with E-state index in [1.807, 2.05) is 30.7 Å². The summed E-state index contributed by atoms with van der Waals surface area (Å²) in [6.07, 6.45) is 7.40. The topological polar surface area (TPSA) is 37.8 Å². The number of anilines is 1. The van der Waals surface area contributed by atoms with Gasteiger partial charge in [0, 0.05) is 42.4 Å². The molecule has 1 N–H and O–H groups in total. The highest BCUT2D eigenvalue weighted by molar-refractivity contribution is 5.84. The number of nitrogens with zero attached hydrogens (tertiary/aromatic N) is 2. The predicted octanol–water partition coefficient (Wildman–Crippen LogP) is 4.91. The van der Waals surface area contributed by atoms with Gasteiger partial charge in [-0.1, -0.05) is 30.3 Å². The molecule has 0 radical (unpaired) electrons. The summed E-state index contributed by atoms with van der Waals surface area (Å²) >= 11 is 0. The van der Waals surface area contributed by atoms with Crippen LogP contribution < -0.4 is 5.32 Å². The van der Waals surface area contributed by atoms with Crippen molar-refractivity contribution >= 4 is 16.5 Å². The van der Waals surface area contributed by atoms with Crippen molar-refractivity contribution in [1.82, 2.24) is 9.97 Å². The smallest absolute Gasteiger partial charge is 0.0401 e. The number of rotatable bonds is 4. The van der Waals surface area contributed by atoms with Gasteiger partial charge in [0.05, 0.1) is 0 Å². The van der Waals surface area contributed by atoms with Crippen molar-refractivity contribution in [2.45, 2.75) is 6.54 Å². The average molecular weight is 311 g/mol. The molecule has 0 fully saturated rings. The maximum absolute atomic E-state index is 4.19. The molecular formula is C21H17N3. The Labute approximate surface area is 141 Å². The summed E-state index contributed by atoms with van der Waals surface area (Å²) in [5, 5.41) is 5.84. The SMILES string of the molecule is c1cncc(-c2cccc(CNc3ccc4cnccc4c3)c2)c1. The summed E-state index contributed by atoms with van der Waals surface area (Å²) in [6.45, 7) is 0.782. The molecule has 0 saturated carbocycles. The van der Waals surface area contributed by atoms with Gasteiger partial charge in [0.2, 0.25) is 0 Å². The lowest BCUT2D eigenvalue weighted by atomic mass is 10.0. The lowest BCUT2D eigenvalue weighted by molar-refractivity contribution is 1.15. The van der Waals surface area contributed by atoms with Crippen molar-refractivity contribution in [2.24, 2.45) is 0 Å². The molecular weight excluding hydrogens is 294 g/mol. The molecule has 116 valence electrons. The van der Waals surface area contributed by atoms with Crippen LogP contribution in [0.3, 0.4) is 0 Å². The van der Waals surface area contributed by atoms with E-state index < -0.39 is 0 Å². The number of nitrogens with one attached hydrogen (secondary N) is 1. The van der Waals surface area contributed by atoms with Crippen LogP contribution in [0.25, 0.3) is 21.9 Å². The quantitative estimate of drug-likeness (QED) is 0.582. The number of hydrogen-bond acceptors (Lipinski definition) is 3. The maximum Gasteiger partial charge on any atom is 0.0401 e. The van der Waals surface area contributed by atoms with Crippen LogP contribution in [-0.4, -0.2) is 9.97 Å². The fourth-order valence-corrected chi connectivity index (χ4v) is 2.79. The minimum Gasteiger partial charge on any atom is -0.381 e. The summed E-state index contributed by atoms with van der Waals surface area (Å²) < 4.78 is 0. The summed E-state index contributed by atoms with van der Waals surface area (Å²) in [7, 11) is 0. The number of fused-ring (bicyclic) bond motifs is 1. The largest absolute Gasteiger partial charge is 0.381 e. The van der Waals surface area contributed by atoms with Crippen molar-refractivity contribution in [3.63, 3.8) is 0 Å². The predicted molar refractivity (Wildman–Crippen MR) is 98.7 cm³/mol. The van der Waals surface area contributed by atoms with Gasteiger partial charge in [0.15, 0.2) is 0 Å². The Bertz CT molecular complexity index is 965. The summed E-state index contributed by atoms with van der Waals surface area (Å²) in [5.74, 6) is 0. The molecule has 0 aliphatic carbocycles. The third kappa shape index (κ3) is 3.10. The van der Waals surface area contributed by atoms with Crippen LogP contribution in [0.15, 0.2) is 85.5 Å². The van der Waals surface area contributed by atoms with E-state index in [1.165, 1.54) is 16.5 Å². The van der Waals surface area contributed by atoms with Crippen LogP contribution in [0.4, 0.5) is 5.69 Å². The van der Waals surface area contributed by atoms with Gasteiger partial charge in [-0.2, -0.15) is 0 Å². The van der Waals surface area contributed by atoms with Crippen LogP contribution in [0.1, 0.15) is 5.56 Å². The second-order valence-electron chi connectivity index (χ2n) is 5.73. The zero-order chi connectivity index (χ0) is 16.2. The minimum absolute atomic E-state index is 0.782. The maximum atomic E-state index is 4.19. The highest BCUT2D eigenvalue weighted by Gasteiger charge is 2.01. The first-order valence-electron chi connectivity index (χ1n) is 7.95. The molecule has 2 aromatic heterocycles. The van der Waals surface area contributed by atoms with Crippen LogP contribution in [-0.2, 0) is 6.54 Å². The number of hydrogen-bond donors (Lipinski definition) is 1.